The van der Waals surface area contributed by atoms with E-state index in [2.05, 4.69) is 49.2 Å². The Hall–Kier alpha value is -2.56. The van der Waals surface area contributed by atoms with Gasteiger partial charge in [-0.2, -0.15) is 14.6 Å². The van der Waals surface area contributed by atoms with Gasteiger partial charge in [0.05, 0.1) is 0 Å². The summed E-state index contributed by atoms with van der Waals surface area (Å²) in [6.45, 7) is 5.12. The summed E-state index contributed by atoms with van der Waals surface area (Å²) in [7, 11) is 0. The van der Waals surface area contributed by atoms with Gasteiger partial charge in [-0.3, -0.25) is 0 Å². The number of halogens is 2. The average molecular weight is 513 g/mol. The van der Waals surface area contributed by atoms with Gasteiger partial charge in [-0.05, 0) is 56.9 Å². The van der Waals surface area contributed by atoms with Crippen LogP contribution in [0.3, 0.4) is 0 Å². The van der Waals surface area contributed by atoms with Gasteiger partial charge in [-0.25, -0.2) is 14.6 Å². The first-order chi connectivity index (χ1) is 14.0. The molecule has 0 amide bonds. The van der Waals surface area contributed by atoms with Crippen molar-refractivity contribution >= 4 is 46.1 Å². The van der Waals surface area contributed by atoms with Crippen LogP contribution in [0.5, 0.6) is 0 Å². The SMILES string of the molecule is CC(C)(C)OC(=O)c1cc(C(=O)O)n2ncnc2n1.Cl.N[C@H]1CCc2cc(Br)ccc21. The summed E-state index contributed by atoms with van der Waals surface area (Å²) < 4.78 is 7.33. The molecule has 0 spiro atoms. The van der Waals surface area contributed by atoms with Crippen molar-refractivity contribution in [3.63, 3.8) is 0 Å². The maximum atomic E-state index is 11.9. The van der Waals surface area contributed by atoms with E-state index in [0.29, 0.717) is 0 Å². The number of aryl methyl sites for hydroxylation is 1. The number of hydrogen-bond acceptors (Lipinski definition) is 7. The Morgan fingerprint density at radius 2 is 2.00 bits per heavy atom. The summed E-state index contributed by atoms with van der Waals surface area (Å²) >= 11 is 3.44. The van der Waals surface area contributed by atoms with Crippen LogP contribution in [0.1, 0.15) is 65.3 Å². The van der Waals surface area contributed by atoms with E-state index in [1.807, 2.05) is 0 Å². The van der Waals surface area contributed by atoms with E-state index in [9.17, 15) is 9.59 Å². The molecular weight excluding hydrogens is 490 g/mol. The van der Waals surface area contributed by atoms with Crippen LogP contribution >= 0.6 is 28.3 Å². The number of carbonyl (C=O) groups excluding carboxylic acids is 1. The molecule has 2 heterocycles. The Morgan fingerprint density at radius 3 is 2.65 bits per heavy atom. The zero-order valence-electron chi connectivity index (χ0n) is 17.2. The number of nitrogens with two attached hydrogens (primary N) is 1. The highest BCUT2D eigenvalue weighted by atomic mass is 79.9. The van der Waals surface area contributed by atoms with E-state index < -0.39 is 17.5 Å². The smallest absolute Gasteiger partial charge is 0.357 e. The fraction of sp³-hybridized carbons (Fsp3) is 0.350. The molecule has 4 rings (SSSR count). The number of rotatable bonds is 2. The second-order valence-electron chi connectivity index (χ2n) is 7.79. The molecule has 31 heavy (non-hydrogen) atoms. The molecule has 0 radical (unpaired) electrons. The molecule has 2 aromatic heterocycles. The largest absolute Gasteiger partial charge is 0.477 e. The second kappa shape index (κ2) is 9.71. The maximum Gasteiger partial charge on any atom is 0.357 e. The number of hydrogen-bond donors (Lipinski definition) is 2. The highest BCUT2D eigenvalue weighted by Gasteiger charge is 2.22. The van der Waals surface area contributed by atoms with Crippen molar-refractivity contribution in [1.29, 1.82) is 0 Å². The normalized spacial score (nSPS) is 14.8. The molecule has 0 fully saturated rings. The van der Waals surface area contributed by atoms with Gasteiger partial charge in [0.2, 0.25) is 0 Å². The summed E-state index contributed by atoms with van der Waals surface area (Å²) in [4.78, 5) is 30.7. The summed E-state index contributed by atoms with van der Waals surface area (Å²) in [5.74, 6) is -1.91. The molecule has 11 heteroatoms. The number of aromatic carboxylic acids is 1. The number of esters is 1. The molecule has 3 N–H and O–H groups in total. The summed E-state index contributed by atoms with van der Waals surface area (Å²) in [6.07, 6.45) is 3.40. The first-order valence-electron chi connectivity index (χ1n) is 9.26. The van der Waals surface area contributed by atoms with E-state index in [1.54, 1.807) is 20.8 Å². The van der Waals surface area contributed by atoms with Crippen molar-refractivity contribution in [2.24, 2.45) is 5.73 Å². The topological polar surface area (TPSA) is 133 Å². The number of ether oxygens (including phenoxy) is 1. The van der Waals surface area contributed by atoms with Gasteiger partial charge in [0.15, 0.2) is 11.4 Å². The predicted molar refractivity (Wildman–Crippen MR) is 120 cm³/mol. The number of nitrogens with zero attached hydrogens (tertiary/aromatic N) is 4. The maximum absolute atomic E-state index is 11.9. The molecule has 166 valence electrons. The van der Waals surface area contributed by atoms with Gasteiger partial charge in [0, 0.05) is 16.6 Å². The molecule has 0 saturated heterocycles. The number of carbonyl (C=O) groups is 2. The van der Waals surface area contributed by atoms with Crippen LogP contribution in [-0.4, -0.2) is 42.2 Å². The molecule has 1 aromatic carbocycles. The van der Waals surface area contributed by atoms with Crippen LogP contribution in [0.25, 0.3) is 5.78 Å². The minimum Gasteiger partial charge on any atom is -0.477 e. The second-order valence-corrected chi connectivity index (χ2v) is 8.71. The van der Waals surface area contributed by atoms with Crippen molar-refractivity contribution in [3.8, 4) is 0 Å². The number of fused-ring (bicyclic) bond motifs is 2. The standard InChI is InChI=1S/C11H12N4O4.C9H10BrN.ClH/c1-11(2,3)19-9(18)6-4-7(8(16)17)15-10(14-6)12-5-13-15;10-7-2-3-8-6(5-7)1-4-9(8)11;/h4-5H,1-3H3,(H,16,17);2-3,5,9H,1,4,11H2;1H/t;9-;/m.0./s1. The number of benzene rings is 1. The van der Waals surface area contributed by atoms with Gasteiger partial charge in [-0.1, -0.05) is 22.0 Å². The molecule has 1 aliphatic carbocycles. The van der Waals surface area contributed by atoms with Crippen molar-refractivity contribution in [3.05, 3.63) is 57.6 Å². The van der Waals surface area contributed by atoms with Crippen LogP contribution in [0.2, 0.25) is 0 Å². The van der Waals surface area contributed by atoms with Crippen molar-refractivity contribution < 1.29 is 19.4 Å². The Morgan fingerprint density at radius 1 is 1.29 bits per heavy atom. The Kier molecular flexibility index (Phi) is 7.74. The first-order valence-corrected chi connectivity index (χ1v) is 10.1. The molecule has 0 aliphatic heterocycles. The van der Waals surface area contributed by atoms with E-state index in [4.69, 9.17) is 15.6 Å². The number of carboxylic acids is 1. The molecule has 0 bridgehead atoms. The van der Waals surface area contributed by atoms with Crippen molar-refractivity contribution in [1.82, 2.24) is 19.6 Å². The quantitative estimate of drug-likeness (QED) is 0.498. The number of carboxylic acid groups (broad SMARTS) is 1. The molecule has 9 nitrogen and oxygen atoms in total. The molecule has 0 saturated carbocycles. The van der Waals surface area contributed by atoms with Crippen LogP contribution in [0, 0.1) is 0 Å². The fourth-order valence-corrected chi connectivity index (χ4v) is 3.43. The third-order valence-corrected chi connectivity index (χ3v) is 4.80. The number of aromatic nitrogens is 4. The van der Waals surface area contributed by atoms with Crippen LogP contribution in [0.15, 0.2) is 35.1 Å². The summed E-state index contributed by atoms with van der Waals surface area (Å²) in [5, 5.41) is 12.8. The zero-order valence-corrected chi connectivity index (χ0v) is 19.6. The van der Waals surface area contributed by atoms with Gasteiger partial charge in [0.25, 0.3) is 5.78 Å². The van der Waals surface area contributed by atoms with Crippen molar-refractivity contribution in [2.45, 2.75) is 45.3 Å². The average Bonchev–Trinajstić information content (AvgIpc) is 3.26. The Bertz CT molecular complexity index is 1110. The molecular formula is C20H23BrClN5O4. The highest BCUT2D eigenvalue weighted by molar-refractivity contribution is 9.10. The van der Waals surface area contributed by atoms with Gasteiger partial charge in [0.1, 0.15) is 11.9 Å². The Labute approximate surface area is 193 Å². The zero-order chi connectivity index (χ0) is 22.1. The first kappa shape index (κ1) is 24.7. The summed E-state index contributed by atoms with van der Waals surface area (Å²) in [6, 6.07) is 7.74. The monoisotopic (exact) mass is 511 g/mol. The lowest BCUT2D eigenvalue weighted by Gasteiger charge is -2.19. The highest BCUT2D eigenvalue weighted by Crippen LogP contribution is 2.30. The van der Waals surface area contributed by atoms with Gasteiger partial charge in [-0.15, -0.1) is 12.4 Å². The predicted octanol–water partition coefficient (Wildman–Crippen LogP) is 3.59. The van der Waals surface area contributed by atoms with Crippen LogP contribution in [0.4, 0.5) is 0 Å². The lowest BCUT2D eigenvalue weighted by atomic mass is 10.1. The minimum absolute atomic E-state index is 0. The minimum atomic E-state index is -1.23. The molecule has 3 aromatic rings. The van der Waals surface area contributed by atoms with Crippen LogP contribution in [-0.2, 0) is 11.2 Å². The third-order valence-electron chi connectivity index (χ3n) is 4.31. The molecule has 1 atom stereocenters. The lowest BCUT2D eigenvalue weighted by Crippen LogP contribution is -2.25. The molecule has 1 aliphatic rings. The third kappa shape index (κ3) is 5.99. The van der Waals surface area contributed by atoms with E-state index in [1.165, 1.54) is 11.1 Å². The van der Waals surface area contributed by atoms with Crippen LogP contribution < -0.4 is 5.73 Å². The molecule has 0 unspecified atom stereocenters. The van der Waals surface area contributed by atoms with Gasteiger partial charge < -0.3 is 15.6 Å². The van der Waals surface area contributed by atoms with Crippen molar-refractivity contribution in [2.75, 3.05) is 0 Å². The fourth-order valence-electron chi connectivity index (χ4n) is 3.02. The summed E-state index contributed by atoms with van der Waals surface area (Å²) in [5.41, 5.74) is 7.60. The van der Waals surface area contributed by atoms with E-state index in [-0.39, 0.29) is 35.6 Å². The van der Waals surface area contributed by atoms with E-state index in [0.717, 1.165) is 34.2 Å². The van der Waals surface area contributed by atoms with Gasteiger partial charge >= 0.3 is 11.9 Å². The van der Waals surface area contributed by atoms with E-state index >= 15 is 0 Å². The lowest BCUT2D eigenvalue weighted by molar-refractivity contribution is 0.00628. The Balaban J connectivity index is 0.000000242.